The number of benzene rings is 1. The molecule has 1 saturated heterocycles. The Hall–Kier alpha value is -2.44. The number of hydrogen-bond donors (Lipinski definition) is 2. The number of nitrogens with zero attached hydrogens (tertiary/aromatic N) is 2. The van der Waals surface area contributed by atoms with E-state index in [4.69, 9.17) is 9.72 Å². The molecule has 6 nitrogen and oxygen atoms in total. The average Bonchev–Trinajstić information content (AvgIpc) is 3.07. The van der Waals surface area contributed by atoms with E-state index in [-0.39, 0.29) is 0 Å². The number of methoxy groups -OCH3 is 1. The first kappa shape index (κ1) is 23.3. The Morgan fingerprint density at radius 3 is 2.76 bits per heavy atom. The maximum atomic E-state index is 12.3. The highest BCUT2D eigenvalue weighted by molar-refractivity contribution is 5.76. The second kappa shape index (κ2) is 9.31. The Labute approximate surface area is 202 Å². The van der Waals surface area contributed by atoms with Crippen LogP contribution in [0.4, 0.5) is 5.82 Å². The number of quaternary nitrogens is 1. The number of aromatic nitrogens is 1. The molecule has 2 atom stereocenters. The summed E-state index contributed by atoms with van der Waals surface area (Å²) >= 11 is 0. The summed E-state index contributed by atoms with van der Waals surface area (Å²) in [4.78, 5) is 17.1. The lowest BCUT2D eigenvalue weighted by Gasteiger charge is -2.57. The fraction of sp³-hybridized carbons (Fsp3) is 0.571. The van der Waals surface area contributed by atoms with Gasteiger partial charge in [-0.05, 0) is 49.8 Å². The SMILES string of the molecule is COC1(C)c2ccccc2C(C(=O)O)[N+]12CC(CCCCCCc1ccc3c(n1)NCCC3)C2. The number of pyridine rings is 1. The van der Waals surface area contributed by atoms with Gasteiger partial charge in [0.05, 0.1) is 24.6 Å². The summed E-state index contributed by atoms with van der Waals surface area (Å²) < 4.78 is 6.55. The summed E-state index contributed by atoms with van der Waals surface area (Å²) in [6.45, 7) is 4.87. The van der Waals surface area contributed by atoms with Gasteiger partial charge in [0.15, 0.2) is 0 Å². The van der Waals surface area contributed by atoms with Crippen molar-refractivity contribution in [2.24, 2.45) is 5.92 Å². The molecule has 5 rings (SSSR count). The normalized spacial score (nSPS) is 29.2. The van der Waals surface area contributed by atoms with Crippen LogP contribution in [0.2, 0.25) is 0 Å². The van der Waals surface area contributed by atoms with Gasteiger partial charge in [-0.2, -0.15) is 0 Å². The van der Waals surface area contributed by atoms with Crippen LogP contribution in [0.1, 0.15) is 73.9 Å². The second-order valence-electron chi connectivity index (χ2n) is 10.6. The number of rotatable bonds is 9. The van der Waals surface area contributed by atoms with Crippen LogP contribution < -0.4 is 5.32 Å². The fourth-order valence-electron chi connectivity index (χ4n) is 6.76. The fourth-order valence-corrected chi connectivity index (χ4v) is 6.76. The molecule has 1 spiro atoms. The van der Waals surface area contributed by atoms with Crippen LogP contribution in [0.3, 0.4) is 0 Å². The highest BCUT2D eigenvalue weighted by Gasteiger charge is 2.69. The number of carbonyl (C=O) groups is 1. The van der Waals surface area contributed by atoms with E-state index in [2.05, 4.69) is 24.4 Å². The van der Waals surface area contributed by atoms with E-state index in [0.717, 1.165) is 49.4 Å². The van der Waals surface area contributed by atoms with Crippen LogP contribution in [0.5, 0.6) is 0 Å². The predicted octanol–water partition coefficient (Wildman–Crippen LogP) is 5.04. The Bertz CT molecular complexity index is 1050. The molecule has 1 aromatic heterocycles. The number of ether oxygens (including phenoxy) is 1. The molecule has 3 aliphatic rings. The van der Waals surface area contributed by atoms with Crippen molar-refractivity contribution in [3.63, 3.8) is 0 Å². The van der Waals surface area contributed by atoms with Gasteiger partial charge in [-0.3, -0.25) is 4.48 Å². The van der Waals surface area contributed by atoms with E-state index in [1.807, 2.05) is 24.3 Å². The van der Waals surface area contributed by atoms with Crippen molar-refractivity contribution in [1.82, 2.24) is 4.98 Å². The number of aliphatic carboxylic acids is 1. The van der Waals surface area contributed by atoms with Crippen molar-refractivity contribution in [2.45, 2.75) is 70.1 Å². The van der Waals surface area contributed by atoms with Gasteiger partial charge in [0, 0.05) is 31.8 Å². The van der Waals surface area contributed by atoms with E-state index in [1.165, 1.54) is 49.8 Å². The molecule has 34 heavy (non-hydrogen) atoms. The number of nitrogens with one attached hydrogen (secondary N) is 1. The number of aryl methyl sites for hydroxylation is 2. The number of carboxylic acid groups (broad SMARTS) is 1. The minimum absolute atomic E-state index is 0.501. The molecule has 0 amide bonds. The molecular formula is C28H38N3O3+. The van der Waals surface area contributed by atoms with E-state index in [1.54, 1.807) is 7.11 Å². The third-order valence-corrected chi connectivity index (χ3v) is 8.65. The summed E-state index contributed by atoms with van der Waals surface area (Å²) in [6, 6.07) is 11.9. The smallest absolute Gasteiger partial charge is 0.367 e. The molecule has 0 radical (unpaired) electrons. The third kappa shape index (κ3) is 3.81. The van der Waals surface area contributed by atoms with Crippen molar-refractivity contribution in [3.05, 3.63) is 58.8 Å². The molecule has 0 saturated carbocycles. The summed E-state index contributed by atoms with van der Waals surface area (Å²) in [6.07, 6.45) is 9.38. The summed E-state index contributed by atoms with van der Waals surface area (Å²) in [7, 11) is 1.72. The van der Waals surface area contributed by atoms with Crippen LogP contribution in [0.25, 0.3) is 0 Å². The number of carboxylic acids is 1. The molecule has 0 bridgehead atoms. The minimum atomic E-state index is -0.738. The predicted molar refractivity (Wildman–Crippen MR) is 133 cm³/mol. The van der Waals surface area contributed by atoms with Gasteiger partial charge < -0.3 is 15.2 Å². The molecule has 6 heteroatoms. The Kier molecular flexibility index (Phi) is 6.38. The molecular weight excluding hydrogens is 426 g/mol. The largest absolute Gasteiger partial charge is 0.477 e. The number of unbranched alkanes of at least 4 members (excludes halogenated alkanes) is 3. The number of anilines is 1. The maximum Gasteiger partial charge on any atom is 0.367 e. The second-order valence-corrected chi connectivity index (χ2v) is 10.6. The average molecular weight is 465 g/mol. The zero-order valence-electron chi connectivity index (χ0n) is 20.6. The first-order chi connectivity index (χ1) is 16.5. The van der Waals surface area contributed by atoms with Gasteiger partial charge in [0.2, 0.25) is 11.8 Å². The van der Waals surface area contributed by atoms with Crippen LogP contribution in [-0.2, 0) is 28.1 Å². The standard InChI is InChI=1S/C28H37N3O3/c1-28(34-2)24-14-8-7-13-23(24)25(27(32)33)31(28)18-20(19-31)10-5-3-4-6-12-22-16-15-21-11-9-17-29-26(21)30-22/h7-8,13-16,20,25H,3-6,9-12,17-19H2,1-2H3,(H-,29,30,32,33)/p+1. The molecule has 0 aliphatic carbocycles. The minimum Gasteiger partial charge on any atom is -0.477 e. The lowest BCUT2D eigenvalue weighted by molar-refractivity contribution is -1.06. The van der Waals surface area contributed by atoms with Gasteiger partial charge in [0.25, 0.3) is 0 Å². The van der Waals surface area contributed by atoms with Gasteiger partial charge in [-0.1, -0.05) is 43.5 Å². The zero-order valence-corrected chi connectivity index (χ0v) is 20.6. The van der Waals surface area contributed by atoms with Gasteiger partial charge in [-0.15, -0.1) is 0 Å². The lowest BCUT2D eigenvalue weighted by Crippen LogP contribution is -2.71. The van der Waals surface area contributed by atoms with Gasteiger partial charge >= 0.3 is 5.97 Å². The lowest BCUT2D eigenvalue weighted by atomic mass is 9.86. The van der Waals surface area contributed by atoms with Gasteiger partial charge in [0.1, 0.15) is 5.82 Å². The molecule has 3 aliphatic heterocycles. The molecule has 182 valence electrons. The summed E-state index contributed by atoms with van der Waals surface area (Å²) in [5.74, 6) is 0.925. The Balaban J connectivity index is 1.10. The molecule has 2 unspecified atom stereocenters. The highest BCUT2D eigenvalue weighted by atomic mass is 16.5. The Morgan fingerprint density at radius 1 is 1.18 bits per heavy atom. The van der Waals surface area contributed by atoms with Crippen LogP contribution in [0.15, 0.2) is 36.4 Å². The van der Waals surface area contributed by atoms with E-state index < -0.39 is 17.7 Å². The van der Waals surface area contributed by atoms with Crippen molar-refractivity contribution in [2.75, 3.05) is 32.1 Å². The summed E-state index contributed by atoms with van der Waals surface area (Å²) in [5, 5.41) is 13.6. The third-order valence-electron chi connectivity index (χ3n) is 8.65. The molecule has 4 heterocycles. The number of hydrogen-bond acceptors (Lipinski definition) is 4. The quantitative estimate of drug-likeness (QED) is 0.402. The van der Waals surface area contributed by atoms with Crippen molar-refractivity contribution >= 4 is 11.8 Å². The van der Waals surface area contributed by atoms with Crippen molar-refractivity contribution < 1.29 is 19.1 Å². The molecule has 1 aromatic carbocycles. The van der Waals surface area contributed by atoms with Crippen LogP contribution >= 0.6 is 0 Å². The summed E-state index contributed by atoms with van der Waals surface area (Å²) in [5.41, 5.74) is 3.92. The molecule has 1 fully saturated rings. The maximum absolute atomic E-state index is 12.3. The van der Waals surface area contributed by atoms with Crippen molar-refractivity contribution in [1.29, 1.82) is 0 Å². The van der Waals surface area contributed by atoms with Gasteiger partial charge in [-0.25, -0.2) is 9.78 Å². The molecule has 2 aromatic rings. The van der Waals surface area contributed by atoms with Crippen LogP contribution in [0, 0.1) is 5.92 Å². The monoisotopic (exact) mass is 464 g/mol. The first-order valence-corrected chi connectivity index (χ1v) is 13.0. The van der Waals surface area contributed by atoms with Crippen molar-refractivity contribution in [3.8, 4) is 0 Å². The zero-order chi connectivity index (χ0) is 23.8. The first-order valence-electron chi connectivity index (χ1n) is 13.0. The number of fused-ring (bicyclic) bond motifs is 2. The van der Waals surface area contributed by atoms with E-state index in [9.17, 15) is 9.90 Å². The van der Waals surface area contributed by atoms with E-state index in [0.29, 0.717) is 10.4 Å². The highest BCUT2D eigenvalue weighted by Crippen LogP contribution is 2.58. The van der Waals surface area contributed by atoms with E-state index >= 15 is 0 Å². The topological polar surface area (TPSA) is 71.5 Å². The van der Waals surface area contributed by atoms with Crippen LogP contribution in [-0.4, -0.2) is 47.3 Å². The Morgan fingerprint density at radius 2 is 1.97 bits per heavy atom. The molecule has 2 N–H and O–H groups in total.